The van der Waals surface area contributed by atoms with Crippen LogP contribution in [0.2, 0.25) is 0 Å². The minimum absolute atomic E-state index is 0.0637. The lowest BCUT2D eigenvalue weighted by molar-refractivity contribution is 0.185. The van der Waals surface area contributed by atoms with Gasteiger partial charge in [-0.3, -0.25) is 3.07 Å². The Kier molecular flexibility index (Phi) is 4.00. The van der Waals surface area contributed by atoms with E-state index in [2.05, 4.69) is 17.4 Å². The van der Waals surface area contributed by atoms with Gasteiger partial charge in [-0.2, -0.15) is 0 Å². The molecule has 1 heterocycles. The van der Waals surface area contributed by atoms with E-state index in [4.69, 9.17) is 3.07 Å². The van der Waals surface area contributed by atoms with Crippen LogP contribution >= 0.6 is 23.0 Å². The Morgan fingerprint density at radius 1 is 1.44 bits per heavy atom. The van der Waals surface area contributed by atoms with E-state index in [1.807, 2.05) is 12.1 Å². The molecule has 5 heteroatoms. The highest BCUT2D eigenvalue weighted by Gasteiger charge is 2.19. The predicted octanol–water partition coefficient (Wildman–Crippen LogP) is 2.08. The molecule has 1 aromatic carbocycles. The number of halogens is 1. The second-order valence-electron chi connectivity index (χ2n) is 3.68. The molecule has 0 fully saturated rings. The zero-order valence-corrected chi connectivity index (χ0v) is 10.9. The number of amides is 2. The summed E-state index contributed by atoms with van der Waals surface area (Å²) in [5.74, 6) is 0. The summed E-state index contributed by atoms with van der Waals surface area (Å²) in [6.45, 7) is 1.70. The number of benzene rings is 1. The van der Waals surface area contributed by atoms with Crippen molar-refractivity contribution < 1.29 is 7.86 Å². The van der Waals surface area contributed by atoms with Crippen LogP contribution in [0.4, 0.5) is 4.79 Å². The molecule has 1 N–H and O–H groups in total. The van der Waals surface area contributed by atoms with Gasteiger partial charge < -0.3 is 10.2 Å². The molecule has 0 spiro atoms. The molecule has 1 aromatic rings. The molecule has 1 aliphatic rings. The zero-order chi connectivity index (χ0) is 11.4. The molecular weight excluding hydrogens is 319 g/mol. The third-order valence-electron chi connectivity index (χ3n) is 2.70. The van der Waals surface area contributed by atoms with Crippen LogP contribution < -0.4 is 5.32 Å². The molecule has 0 aliphatic carbocycles. The molecule has 0 aromatic heterocycles. The van der Waals surface area contributed by atoms with Gasteiger partial charge in [0.05, 0.1) is 0 Å². The minimum atomic E-state index is -0.0637. The molecule has 1 aliphatic heterocycles. The van der Waals surface area contributed by atoms with Gasteiger partial charge in [0.1, 0.15) is 29.7 Å². The standard InChI is InChI=1S/C11H13IN2O2/c12-16-8-13-11(15)14-6-5-9-3-1-2-4-10(9)7-14/h1-4H,5-8H2,(H,13,15). The molecule has 86 valence electrons. The first-order valence-corrected chi connectivity index (χ1v) is 6.02. The Morgan fingerprint density at radius 2 is 2.19 bits per heavy atom. The van der Waals surface area contributed by atoms with Crippen molar-refractivity contribution in [1.29, 1.82) is 0 Å². The molecule has 0 atom stereocenters. The van der Waals surface area contributed by atoms with Crippen LogP contribution in [0.5, 0.6) is 0 Å². The Balaban J connectivity index is 1.99. The topological polar surface area (TPSA) is 41.6 Å². The van der Waals surface area contributed by atoms with Gasteiger partial charge >= 0.3 is 6.03 Å². The lowest BCUT2D eigenvalue weighted by Gasteiger charge is -2.28. The maximum Gasteiger partial charge on any atom is 0.319 e. The fourth-order valence-corrected chi connectivity index (χ4v) is 2.03. The lowest BCUT2D eigenvalue weighted by Crippen LogP contribution is -2.43. The number of fused-ring (bicyclic) bond motifs is 1. The van der Waals surface area contributed by atoms with Gasteiger partial charge in [-0.25, -0.2) is 4.79 Å². The number of carbonyl (C=O) groups excluding carboxylic acids is 1. The summed E-state index contributed by atoms with van der Waals surface area (Å²) in [6.07, 6.45) is 0.925. The second kappa shape index (κ2) is 5.49. The molecule has 16 heavy (non-hydrogen) atoms. The molecule has 2 rings (SSSR count). The Morgan fingerprint density at radius 3 is 2.94 bits per heavy atom. The van der Waals surface area contributed by atoms with Gasteiger partial charge in [0.15, 0.2) is 0 Å². The van der Waals surface area contributed by atoms with E-state index in [0.29, 0.717) is 6.54 Å². The molecule has 4 nitrogen and oxygen atoms in total. The van der Waals surface area contributed by atoms with E-state index < -0.39 is 0 Å². The monoisotopic (exact) mass is 332 g/mol. The van der Waals surface area contributed by atoms with Crippen molar-refractivity contribution in [2.75, 3.05) is 13.3 Å². The van der Waals surface area contributed by atoms with Gasteiger partial charge in [-0.15, -0.1) is 0 Å². The van der Waals surface area contributed by atoms with E-state index in [1.54, 1.807) is 27.9 Å². The molecule has 0 radical (unpaired) electrons. The number of nitrogens with one attached hydrogen (secondary N) is 1. The minimum Gasteiger partial charge on any atom is -0.320 e. The van der Waals surface area contributed by atoms with Crippen LogP contribution in [0, 0.1) is 0 Å². The summed E-state index contributed by atoms with van der Waals surface area (Å²) in [7, 11) is 0. The SMILES string of the molecule is O=C(NCOI)N1CCc2ccccc2C1. The van der Waals surface area contributed by atoms with Crippen LogP contribution in [0.3, 0.4) is 0 Å². The molecule has 0 saturated carbocycles. The quantitative estimate of drug-likeness (QED) is 0.666. The van der Waals surface area contributed by atoms with Crippen molar-refractivity contribution in [3.05, 3.63) is 35.4 Å². The van der Waals surface area contributed by atoms with Crippen molar-refractivity contribution in [1.82, 2.24) is 10.2 Å². The molecule has 0 unspecified atom stereocenters. The summed E-state index contributed by atoms with van der Waals surface area (Å²) >= 11 is 1.76. The van der Waals surface area contributed by atoms with Crippen LogP contribution in [0.1, 0.15) is 11.1 Å². The van der Waals surface area contributed by atoms with Crippen LogP contribution in [-0.2, 0) is 16.0 Å². The van der Waals surface area contributed by atoms with E-state index >= 15 is 0 Å². The van der Waals surface area contributed by atoms with Crippen molar-refractivity contribution in [3.8, 4) is 0 Å². The summed E-state index contributed by atoms with van der Waals surface area (Å²) in [6, 6.07) is 8.18. The lowest BCUT2D eigenvalue weighted by atomic mass is 10.0. The first kappa shape index (κ1) is 11.7. The van der Waals surface area contributed by atoms with E-state index in [0.717, 1.165) is 13.0 Å². The smallest absolute Gasteiger partial charge is 0.319 e. The maximum atomic E-state index is 11.7. The van der Waals surface area contributed by atoms with E-state index in [9.17, 15) is 4.79 Å². The van der Waals surface area contributed by atoms with Gasteiger partial charge in [0.25, 0.3) is 0 Å². The van der Waals surface area contributed by atoms with Crippen molar-refractivity contribution >= 4 is 29.0 Å². The van der Waals surface area contributed by atoms with Gasteiger partial charge in [-0.05, 0) is 17.5 Å². The molecule has 0 bridgehead atoms. The van der Waals surface area contributed by atoms with Crippen molar-refractivity contribution in [2.45, 2.75) is 13.0 Å². The Labute approximate surface area is 109 Å². The average molecular weight is 332 g/mol. The van der Waals surface area contributed by atoms with E-state index in [-0.39, 0.29) is 12.8 Å². The normalized spacial score (nSPS) is 14.4. The highest BCUT2D eigenvalue weighted by atomic mass is 127. The van der Waals surface area contributed by atoms with Crippen LogP contribution in [0.25, 0.3) is 0 Å². The fourth-order valence-electron chi connectivity index (χ4n) is 1.87. The third kappa shape index (κ3) is 2.65. The first-order chi connectivity index (χ1) is 7.81. The van der Waals surface area contributed by atoms with Crippen molar-refractivity contribution in [3.63, 3.8) is 0 Å². The zero-order valence-electron chi connectivity index (χ0n) is 8.78. The number of rotatable bonds is 2. The Bertz CT molecular complexity index is 384. The first-order valence-electron chi connectivity index (χ1n) is 5.14. The maximum absolute atomic E-state index is 11.7. The van der Waals surface area contributed by atoms with Gasteiger partial charge in [0, 0.05) is 13.1 Å². The number of urea groups is 1. The average Bonchev–Trinajstić information content (AvgIpc) is 2.35. The number of nitrogens with zero attached hydrogens (tertiary/aromatic N) is 1. The second-order valence-corrected chi connectivity index (χ2v) is 4.30. The number of hydrogen-bond acceptors (Lipinski definition) is 2. The molecule has 2 amide bonds. The van der Waals surface area contributed by atoms with Gasteiger partial charge in [-0.1, -0.05) is 24.3 Å². The Hall–Kier alpha value is -0.820. The summed E-state index contributed by atoms with van der Waals surface area (Å²) in [5.41, 5.74) is 2.58. The predicted molar refractivity (Wildman–Crippen MR) is 69.1 cm³/mol. The van der Waals surface area contributed by atoms with Gasteiger partial charge in [0.2, 0.25) is 0 Å². The highest BCUT2D eigenvalue weighted by Crippen LogP contribution is 2.18. The molecular formula is C11H13IN2O2. The number of hydrogen-bond donors (Lipinski definition) is 1. The largest absolute Gasteiger partial charge is 0.320 e. The van der Waals surface area contributed by atoms with Crippen LogP contribution in [-0.4, -0.2) is 24.2 Å². The third-order valence-corrected chi connectivity index (χ3v) is 3.01. The summed E-state index contributed by atoms with van der Waals surface area (Å²) in [4.78, 5) is 13.5. The number of carbonyl (C=O) groups is 1. The van der Waals surface area contributed by atoms with Crippen molar-refractivity contribution in [2.24, 2.45) is 0 Å². The highest BCUT2D eigenvalue weighted by molar-refractivity contribution is 14.1. The molecule has 0 saturated heterocycles. The fraction of sp³-hybridized carbons (Fsp3) is 0.364. The van der Waals surface area contributed by atoms with Crippen LogP contribution in [0.15, 0.2) is 24.3 Å². The van der Waals surface area contributed by atoms with E-state index in [1.165, 1.54) is 11.1 Å². The summed E-state index contributed by atoms with van der Waals surface area (Å²) in [5, 5.41) is 2.69. The summed E-state index contributed by atoms with van der Waals surface area (Å²) < 4.78 is 4.78.